The number of fused-ring (bicyclic) bond motifs is 3. The Morgan fingerprint density at radius 2 is 2.27 bits per heavy atom. The lowest BCUT2D eigenvalue weighted by Gasteiger charge is -2.04. The van der Waals surface area contributed by atoms with Gasteiger partial charge in [0.05, 0.1) is 15.9 Å². The molecule has 1 aliphatic rings. The highest BCUT2D eigenvalue weighted by Crippen LogP contribution is 2.38. The monoisotopic (exact) mass is 381 g/mol. The van der Waals surface area contributed by atoms with Gasteiger partial charge in [-0.25, -0.2) is 4.98 Å². The van der Waals surface area contributed by atoms with Gasteiger partial charge in [0.2, 0.25) is 5.91 Å². The number of carbonyl (C=O) groups excluding carboxylic acids is 1. The molecule has 1 heterocycles. The number of nitro benzene ring substituents is 1. The zero-order valence-electron chi connectivity index (χ0n) is 11.5. The second kappa shape index (κ2) is 6.13. The lowest BCUT2D eigenvalue weighted by atomic mass is 10.0. The molecule has 0 atom stereocenters. The number of anilines is 1. The van der Waals surface area contributed by atoms with Crippen molar-refractivity contribution in [2.75, 3.05) is 10.6 Å². The maximum absolute atomic E-state index is 11.5. The molecule has 0 spiro atoms. The molecule has 8 heteroatoms. The second-order valence-corrected chi connectivity index (χ2v) is 6.57. The van der Waals surface area contributed by atoms with E-state index in [1.807, 2.05) is 0 Å². The first kappa shape index (κ1) is 15.1. The van der Waals surface area contributed by atoms with Crippen LogP contribution in [0.1, 0.15) is 16.9 Å². The molecule has 1 aromatic carbocycles. The number of nitrogens with zero attached hydrogens (tertiary/aromatic N) is 2. The van der Waals surface area contributed by atoms with Crippen LogP contribution in [0.2, 0.25) is 0 Å². The number of alkyl halides is 1. The molecule has 114 valence electrons. The lowest BCUT2D eigenvalue weighted by Crippen LogP contribution is -2.11. The van der Waals surface area contributed by atoms with E-state index in [2.05, 4.69) is 26.2 Å². The number of aryl methyl sites for hydroxylation is 2. The fraction of sp³-hybridized carbons (Fsp3) is 0.286. The molecule has 0 fully saturated rings. The number of nitro groups is 1. The van der Waals surface area contributed by atoms with E-state index in [-0.39, 0.29) is 16.9 Å². The predicted molar refractivity (Wildman–Crippen MR) is 88.7 cm³/mol. The van der Waals surface area contributed by atoms with Crippen molar-refractivity contribution in [3.8, 4) is 11.3 Å². The maximum atomic E-state index is 11.5. The van der Waals surface area contributed by atoms with Crippen molar-refractivity contribution in [2.24, 2.45) is 0 Å². The second-order valence-electron chi connectivity index (χ2n) is 4.92. The molecule has 0 bridgehead atoms. The van der Waals surface area contributed by atoms with E-state index in [1.54, 1.807) is 12.1 Å². The van der Waals surface area contributed by atoms with Crippen LogP contribution in [0.4, 0.5) is 10.8 Å². The summed E-state index contributed by atoms with van der Waals surface area (Å²) in [6.07, 6.45) is 2.70. The van der Waals surface area contributed by atoms with Crippen molar-refractivity contribution in [3.05, 3.63) is 38.8 Å². The summed E-state index contributed by atoms with van der Waals surface area (Å²) in [7, 11) is 0. The van der Waals surface area contributed by atoms with Gasteiger partial charge in [0, 0.05) is 22.6 Å². The summed E-state index contributed by atoms with van der Waals surface area (Å²) < 4.78 is 0. The smallest absolute Gasteiger partial charge is 0.270 e. The molecule has 22 heavy (non-hydrogen) atoms. The Morgan fingerprint density at radius 3 is 3.00 bits per heavy atom. The third kappa shape index (κ3) is 2.89. The normalized spacial score (nSPS) is 13.0. The number of thiazole rings is 1. The standard InChI is InChI=1S/C14H12BrN3O3S/c15-7-12(19)16-14-17-13-10-6-9(18(20)21)5-4-8(10)2-1-3-11(13)22-14/h4-6H,1-3,7H2,(H,16,17,19). The van der Waals surface area contributed by atoms with Crippen molar-refractivity contribution in [1.82, 2.24) is 4.98 Å². The summed E-state index contributed by atoms with van der Waals surface area (Å²) in [5.74, 6) is -0.164. The molecule has 3 rings (SSSR count). The van der Waals surface area contributed by atoms with Gasteiger partial charge in [-0.05, 0) is 24.8 Å². The highest BCUT2D eigenvalue weighted by Gasteiger charge is 2.22. The topological polar surface area (TPSA) is 85.1 Å². The fourth-order valence-electron chi connectivity index (χ4n) is 2.49. The van der Waals surface area contributed by atoms with Gasteiger partial charge in [-0.1, -0.05) is 22.0 Å². The summed E-state index contributed by atoms with van der Waals surface area (Å²) in [6, 6.07) is 4.91. The fourth-order valence-corrected chi connectivity index (χ4v) is 3.67. The Balaban J connectivity index is 2.06. The molecule has 1 amide bonds. The van der Waals surface area contributed by atoms with Gasteiger partial charge in [0.15, 0.2) is 5.13 Å². The number of amides is 1. The number of hydrogen-bond acceptors (Lipinski definition) is 5. The van der Waals surface area contributed by atoms with E-state index in [1.165, 1.54) is 17.4 Å². The molecule has 2 aromatic rings. The highest BCUT2D eigenvalue weighted by molar-refractivity contribution is 9.09. The van der Waals surface area contributed by atoms with E-state index in [9.17, 15) is 14.9 Å². The number of carbonyl (C=O) groups is 1. The van der Waals surface area contributed by atoms with Crippen LogP contribution in [-0.4, -0.2) is 21.1 Å². The van der Waals surface area contributed by atoms with Gasteiger partial charge in [-0.3, -0.25) is 14.9 Å². The Bertz CT molecular complexity index is 760. The van der Waals surface area contributed by atoms with Crippen molar-refractivity contribution < 1.29 is 9.72 Å². The minimum atomic E-state index is -0.398. The van der Waals surface area contributed by atoms with E-state index in [4.69, 9.17) is 0 Å². The molecule has 0 aliphatic heterocycles. The molecule has 0 radical (unpaired) electrons. The van der Waals surface area contributed by atoms with Crippen LogP contribution in [0.5, 0.6) is 0 Å². The van der Waals surface area contributed by atoms with Crippen molar-refractivity contribution in [1.29, 1.82) is 0 Å². The summed E-state index contributed by atoms with van der Waals surface area (Å²) in [4.78, 5) is 27.6. The lowest BCUT2D eigenvalue weighted by molar-refractivity contribution is -0.384. The van der Waals surface area contributed by atoms with Gasteiger partial charge < -0.3 is 5.32 Å². The van der Waals surface area contributed by atoms with Crippen molar-refractivity contribution >= 4 is 44.0 Å². The van der Waals surface area contributed by atoms with E-state index >= 15 is 0 Å². The quantitative estimate of drug-likeness (QED) is 0.500. The van der Waals surface area contributed by atoms with Gasteiger partial charge in [-0.2, -0.15) is 0 Å². The van der Waals surface area contributed by atoms with Gasteiger partial charge in [-0.15, -0.1) is 11.3 Å². The van der Waals surface area contributed by atoms with E-state index in [0.29, 0.717) is 5.13 Å². The van der Waals surface area contributed by atoms with Crippen molar-refractivity contribution in [2.45, 2.75) is 19.3 Å². The van der Waals surface area contributed by atoms with Crippen LogP contribution in [0.25, 0.3) is 11.3 Å². The van der Waals surface area contributed by atoms with Crippen LogP contribution in [0, 0.1) is 10.1 Å². The van der Waals surface area contributed by atoms with Crippen molar-refractivity contribution in [3.63, 3.8) is 0 Å². The Labute approximate surface area is 138 Å². The Hall–Kier alpha value is -1.80. The third-order valence-electron chi connectivity index (χ3n) is 3.47. The molecule has 1 aromatic heterocycles. The number of aromatic nitrogens is 1. The SMILES string of the molecule is O=C(CBr)Nc1nc2c(s1)CCCc1ccc([N+](=O)[O-])cc1-2. The van der Waals surface area contributed by atoms with E-state index < -0.39 is 4.92 Å². The average molecular weight is 382 g/mol. The maximum Gasteiger partial charge on any atom is 0.270 e. The Kier molecular flexibility index (Phi) is 4.21. The van der Waals surface area contributed by atoms with Crippen LogP contribution < -0.4 is 5.32 Å². The first-order chi connectivity index (χ1) is 10.6. The summed E-state index contributed by atoms with van der Waals surface area (Å²) >= 11 is 4.53. The minimum absolute atomic E-state index is 0.0608. The molecule has 1 aliphatic carbocycles. The first-order valence-corrected chi connectivity index (χ1v) is 8.65. The minimum Gasteiger partial charge on any atom is -0.301 e. The highest BCUT2D eigenvalue weighted by atomic mass is 79.9. The molecule has 1 N–H and O–H groups in total. The molecule has 6 nitrogen and oxygen atoms in total. The number of rotatable bonds is 3. The van der Waals surface area contributed by atoms with Gasteiger partial charge in [0.25, 0.3) is 5.69 Å². The van der Waals surface area contributed by atoms with Crippen LogP contribution in [0.15, 0.2) is 18.2 Å². The van der Waals surface area contributed by atoms with Gasteiger partial charge in [0.1, 0.15) is 0 Å². The zero-order chi connectivity index (χ0) is 15.7. The largest absolute Gasteiger partial charge is 0.301 e. The molecule has 0 unspecified atom stereocenters. The molecular formula is C14H12BrN3O3S. The number of non-ortho nitro benzene ring substituents is 1. The van der Waals surface area contributed by atoms with Gasteiger partial charge >= 0.3 is 0 Å². The summed E-state index contributed by atoms with van der Waals surface area (Å²) in [5.41, 5.74) is 2.68. The molecule has 0 saturated heterocycles. The van der Waals surface area contributed by atoms with Crippen LogP contribution in [-0.2, 0) is 17.6 Å². The summed E-state index contributed by atoms with van der Waals surface area (Å²) in [5, 5.41) is 14.5. The van der Waals surface area contributed by atoms with E-state index in [0.717, 1.165) is 41.0 Å². The zero-order valence-corrected chi connectivity index (χ0v) is 13.9. The Morgan fingerprint density at radius 1 is 1.45 bits per heavy atom. The number of hydrogen-bond donors (Lipinski definition) is 1. The number of nitrogens with one attached hydrogen (secondary N) is 1. The number of benzene rings is 1. The van der Waals surface area contributed by atoms with Crippen LogP contribution >= 0.6 is 27.3 Å². The molecular weight excluding hydrogens is 370 g/mol. The predicted octanol–water partition coefficient (Wildman–Crippen LogP) is 3.54. The third-order valence-corrected chi connectivity index (χ3v) is 5.01. The van der Waals surface area contributed by atoms with Crippen LogP contribution in [0.3, 0.4) is 0 Å². The molecule has 0 saturated carbocycles. The summed E-state index contributed by atoms with van der Waals surface area (Å²) in [6.45, 7) is 0. The average Bonchev–Trinajstić information content (AvgIpc) is 2.82. The number of halogens is 1. The first-order valence-electron chi connectivity index (χ1n) is 6.71.